The summed E-state index contributed by atoms with van der Waals surface area (Å²) in [5.41, 5.74) is 3.97. The Bertz CT molecular complexity index is 655. The second-order valence-corrected chi connectivity index (χ2v) is 7.86. The molecule has 0 unspecified atom stereocenters. The van der Waals surface area contributed by atoms with Gasteiger partial charge in [0.1, 0.15) is 5.82 Å². The number of hydrogen-bond acceptors (Lipinski definition) is 3. The predicted molar refractivity (Wildman–Crippen MR) is 88.3 cm³/mol. The number of nitrogens with zero attached hydrogens (tertiary/aromatic N) is 1. The highest BCUT2D eigenvalue weighted by molar-refractivity contribution is 5.93. The number of rotatable bonds is 2. The van der Waals surface area contributed by atoms with Crippen molar-refractivity contribution in [1.82, 2.24) is 10.4 Å². The monoisotopic (exact) mass is 332 g/mol. The van der Waals surface area contributed by atoms with Crippen molar-refractivity contribution >= 4 is 5.91 Å². The summed E-state index contributed by atoms with van der Waals surface area (Å²) in [5.74, 6) is -0.984. The van der Waals surface area contributed by atoms with Gasteiger partial charge in [-0.15, -0.1) is 0 Å². The van der Waals surface area contributed by atoms with Crippen molar-refractivity contribution in [3.63, 3.8) is 0 Å². The van der Waals surface area contributed by atoms with Crippen molar-refractivity contribution < 1.29 is 14.4 Å². The van der Waals surface area contributed by atoms with Crippen LogP contribution in [-0.4, -0.2) is 28.6 Å². The molecule has 0 bridgehead atoms. The van der Waals surface area contributed by atoms with Crippen LogP contribution in [0.25, 0.3) is 0 Å². The van der Waals surface area contributed by atoms with Crippen molar-refractivity contribution in [2.75, 3.05) is 6.54 Å². The zero-order valence-corrected chi connectivity index (χ0v) is 14.0. The van der Waals surface area contributed by atoms with E-state index in [1.54, 1.807) is 11.5 Å². The fourth-order valence-corrected chi connectivity index (χ4v) is 5.21. The lowest BCUT2D eigenvalue weighted by molar-refractivity contribution is 0.0705. The summed E-state index contributed by atoms with van der Waals surface area (Å²) in [6.45, 7) is 1.57. The summed E-state index contributed by atoms with van der Waals surface area (Å²) in [6, 6.07) is 3.53. The average molecular weight is 332 g/mol. The Kier molecular flexibility index (Phi) is 4.09. The van der Waals surface area contributed by atoms with Gasteiger partial charge >= 0.3 is 0 Å². The molecule has 0 saturated heterocycles. The summed E-state index contributed by atoms with van der Waals surface area (Å²) >= 11 is 0. The van der Waals surface area contributed by atoms with E-state index in [9.17, 15) is 9.18 Å². The fraction of sp³-hybridized carbons (Fsp3) is 0.632. The van der Waals surface area contributed by atoms with Gasteiger partial charge in [0.2, 0.25) is 0 Å². The van der Waals surface area contributed by atoms with E-state index < -0.39 is 5.91 Å². The lowest BCUT2D eigenvalue weighted by Gasteiger charge is -2.35. The number of fused-ring (bicyclic) bond motifs is 1. The van der Waals surface area contributed by atoms with E-state index in [-0.39, 0.29) is 11.4 Å². The standard InChI is InChI=1S/C19H25FN2O2/c20-17-10-14(18(23)21-24)9-13-4-8-22(12-16(13)17)15-3-7-19(11-15)5-1-2-6-19/h9-10,15,24H,1-8,11-12H2,(H,21,23)/t15-/m1/s1. The van der Waals surface area contributed by atoms with E-state index in [4.69, 9.17) is 5.21 Å². The number of carbonyl (C=O) groups is 1. The topological polar surface area (TPSA) is 52.6 Å². The number of amides is 1. The van der Waals surface area contributed by atoms with Crippen molar-refractivity contribution in [1.29, 1.82) is 0 Å². The molecule has 1 spiro atoms. The van der Waals surface area contributed by atoms with Gasteiger partial charge in [-0.2, -0.15) is 0 Å². The third kappa shape index (κ3) is 2.74. The minimum Gasteiger partial charge on any atom is -0.296 e. The molecule has 2 aliphatic carbocycles. The summed E-state index contributed by atoms with van der Waals surface area (Å²) < 4.78 is 14.5. The fourth-order valence-electron chi connectivity index (χ4n) is 5.21. The highest BCUT2D eigenvalue weighted by atomic mass is 19.1. The normalized spacial score (nSPS) is 25.8. The summed E-state index contributed by atoms with van der Waals surface area (Å²) in [4.78, 5) is 14.0. The lowest BCUT2D eigenvalue weighted by Crippen LogP contribution is -2.39. The number of carbonyl (C=O) groups excluding carboxylic acids is 1. The summed E-state index contributed by atoms with van der Waals surface area (Å²) in [7, 11) is 0. The number of benzene rings is 1. The maximum atomic E-state index is 14.5. The Labute approximate surface area is 142 Å². The summed E-state index contributed by atoms with van der Waals surface area (Å²) in [5, 5.41) is 8.74. The highest BCUT2D eigenvalue weighted by Crippen LogP contribution is 2.52. The molecule has 2 fully saturated rings. The quantitative estimate of drug-likeness (QED) is 0.644. The lowest BCUT2D eigenvalue weighted by atomic mass is 9.84. The molecule has 24 heavy (non-hydrogen) atoms. The van der Waals surface area contributed by atoms with Crippen LogP contribution >= 0.6 is 0 Å². The molecule has 1 amide bonds. The molecule has 2 N–H and O–H groups in total. The SMILES string of the molecule is O=C(NO)c1cc(F)c2c(c1)CCN([C@@H]1CCC3(CCCC3)C1)C2. The van der Waals surface area contributed by atoms with Gasteiger partial charge in [0, 0.05) is 30.3 Å². The van der Waals surface area contributed by atoms with Crippen LogP contribution in [0.2, 0.25) is 0 Å². The third-order valence-electron chi connectivity index (χ3n) is 6.54. The first-order valence-electron chi connectivity index (χ1n) is 9.10. The van der Waals surface area contributed by atoms with Crippen molar-refractivity contribution in [3.8, 4) is 0 Å². The van der Waals surface area contributed by atoms with E-state index in [0.717, 1.165) is 24.1 Å². The summed E-state index contributed by atoms with van der Waals surface area (Å²) in [6.07, 6.45) is 10.1. The van der Waals surface area contributed by atoms with Crippen LogP contribution < -0.4 is 5.48 Å². The van der Waals surface area contributed by atoms with Gasteiger partial charge in [-0.25, -0.2) is 9.87 Å². The largest absolute Gasteiger partial charge is 0.296 e. The Morgan fingerprint density at radius 3 is 2.83 bits per heavy atom. The maximum Gasteiger partial charge on any atom is 0.274 e. The van der Waals surface area contributed by atoms with E-state index in [1.807, 2.05) is 0 Å². The van der Waals surface area contributed by atoms with E-state index in [1.165, 1.54) is 51.0 Å². The van der Waals surface area contributed by atoms with Gasteiger partial charge in [0.25, 0.3) is 5.91 Å². The van der Waals surface area contributed by atoms with Gasteiger partial charge < -0.3 is 0 Å². The second-order valence-electron chi connectivity index (χ2n) is 7.86. The van der Waals surface area contributed by atoms with Crippen LogP contribution in [-0.2, 0) is 13.0 Å². The molecular formula is C19H25FN2O2. The minimum atomic E-state index is -0.655. The number of hydroxylamine groups is 1. The Balaban J connectivity index is 1.51. The maximum absolute atomic E-state index is 14.5. The first kappa shape index (κ1) is 16.0. The molecule has 1 atom stereocenters. The average Bonchev–Trinajstić information content (AvgIpc) is 3.24. The number of nitrogens with one attached hydrogen (secondary N) is 1. The zero-order valence-electron chi connectivity index (χ0n) is 14.0. The van der Waals surface area contributed by atoms with Crippen LogP contribution in [0.3, 0.4) is 0 Å². The van der Waals surface area contributed by atoms with Crippen LogP contribution in [0.4, 0.5) is 4.39 Å². The first-order chi connectivity index (χ1) is 11.6. The molecule has 130 valence electrons. The number of halogens is 1. The van der Waals surface area contributed by atoms with Gasteiger partial charge in [-0.05, 0) is 61.6 Å². The predicted octanol–water partition coefficient (Wildman–Crippen LogP) is 3.42. The van der Waals surface area contributed by atoms with Crippen molar-refractivity contribution in [2.45, 2.75) is 64.0 Å². The van der Waals surface area contributed by atoms with Crippen molar-refractivity contribution in [3.05, 3.63) is 34.6 Å². The molecule has 5 heteroatoms. The van der Waals surface area contributed by atoms with Crippen LogP contribution in [0.5, 0.6) is 0 Å². The molecule has 1 aromatic rings. The molecule has 0 radical (unpaired) electrons. The van der Waals surface area contributed by atoms with Crippen LogP contribution in [0.1, 0.15) is 66.4 Å². The van der Waals surface area contributed by atoms with Gasteiger partial charge in [-0.1, -0.05) is 12.8 Å². The van der Waals surface area contributed by atoms with E-state index >= 15 is 0 Å². The Morgan fingerprint density at radius 2 is 2.08 bits per heavy atom. The number of hydrogen-bond donors (Lipinski definition) is 2. The molecule has 4 rings (SSSR count). The second kappa shape index (κ2) is 6.12. The van der Waals surface area contributed by atoms with Gasteiger partial charge in [0.15, 0.2) is 0 Å². The molecule has 1 aromatic carbocycles. The smallest absolute Gasteiger partial charge is 0.274 e. The zero-order chi connectivity index (χ0) is 16.7. The molecule has 2 saturated carbocycles. The molecular weight excluding hydrogens is 307 g/mol. The molecule has 3 aliphatic rings. The third-order valence-corrected chi connectivity index (χ3v) is 6.54. The van der Waals surface area contributed by atoms with E-state index in [2.05, 4.69) is 4.90 Å². The molecule has 1 aliphatic heterocycles. The van der Waals surface area contributed by atoms with Crippen LogP contribution in [0.15, 0.2) is 12.1 Å². The van der Waals surface area contributed by atoms with Gasteiger partial charge in [0.05, 0.1) is 0 Å². The van der Waals surface area contributed by atoms with Crippen molar-refractivity contribution in [2.24, 2.45) is 5.41 Å². The molecule has 1 heterocycles. The Hall–Kier alpha value is -1.46. The first-order valence-corrected chi connectivity index (χ1v) is 9.10. The van der Waals surface area contributed by atoms with Gasteiger partial charge in [-0.3, -0.25) is 14.9 Å². The molecule has 0 aromatic heterocycles. The molecule has 4 nitrogen and oxygen atoms in total. The minimum absolute atomic E-state index is 0.188. The highest BCUT2D eigenvalue weighted by Gasteiger charge is 2.43. The van der Waals surface area contributed by atoms with E-state index in [0.29, 0.717) is 18.0 Å². The Morgan fingerprint density at radius 1 is 1.29 bits per heavy atom. The van der Waals surface area contributed by atoms with Crippen LogP contribution in [0, 0.1) is 11.2 Å².